The molecule has 72 valence electrons. The summed E-state index contributed by atoms with van der Waals surface area (Å²) >= 11 is 0. The Morgan fingerprint density at radius 2 is 2.43 bits per heavy atom. The van der Waals surface area contributed by atoms with Gasteiger partial charge >= 0.3 is 5.97 Å². The van der Waals surface area contributed by atoms with Crippen LogP contribution in [-0.4, -0.2) is 17.6 Å². The molecular formula is C9H9N3O2. The predicted octanol–water partition coefficient (Wildman–Crippen LogP) is 0.712. The van der Waals surface area contributed by atoms with Gasteiger partial charge in [-0.3, -0.25) is 4.98 Å². The molecule has 1 rings (SSSR count). The zero-order valence-corrected chi connectivity index (χ0v) is 7.65. The normalized spacial score (nSPS) is 9.14. The molecular weight excluding hydrogens is 182 g/mol. The van der Waals surface area contributed by atoms with Crippen LogP contribution >= 0.6 is 0 Å². The fourth-order valence-electron chi connectivity index (χ4n) is 0.965. The summed E-state index contributed by atoms with van der Waals surface area (Å²) in [5.41, 5.74) is 5.87. The van der Waals surface area contributed by atoms with E-state index >= 15 is 0 Å². The van der Waals surface area contributed by atoms with Gasteiger partial charge in [0.25, 0.3) is 0 Å². The van der Waals surface area contributed by atoms with Crippen molar-refractivity contribution in [3.05, 3.63) is 23.5 Å². The highest BCUT2D eigenvalue weighted by atomic mass is 16.5. The number of hydrogen-bond acceptors (Lipinski definition) is 5. The fourth-order valence-corrected chi connectivity index (χ4v) is 0.965. The first kappa shape index (κ1) is 9.99. The molecule has 0 aromatic carbocycles. The molecule has 14 heavy (non-hydrogen) atoms. The number of nitrogen functional groups attached to an aromatic ring is 1. The van der Waals surface area contributed by atoms with Crippen LogP contribution in [0.2, 0.25) is 0 Å². The van der Waals surface area contributed by atoms with Crippen molar-refractivity contribution in [1.82, 2.24) is 4.98 Å². The van der Waals surface area contributed by atoms with E-state index in [-0.39, 0.29) is 23.4 Å². The van der Waals surface area contributed by atoms with Crippen LogP contribution in [-0.2, 0) is 4.74 Å². The molecule has 0 fully saturated rings. The Hall–Kier alpha value is -2.09. The van der Waals surface area contributed by atoms with Crippen molar-refractivity contribution in [3.8, 4) is 6.07 Å². The van der Waals surface area contributed by atoms with Crippen molar-refractivity contribution in [2.45, 2.75) is 6.92 Å². The molecule has 0 aliphatic rings. The summed E-state index contributed by atoms with van der Waals surface area (Å²) in [6, 6.07) is 1.84. The lowest BCUT2D eigenvalue weighted by Gasteiger charge is -2.04. The lowest BCUT2D eigenvalue weighted by molar-refractivity contribution is 0.0525. The van der Waals surface area contributed by atoms with E-state index < -0.39 is 5.97 Å². The van der Waals surface area contributed by atoms with Crippen LogP contribution in [0.1, 0.15) is 22.8 Å². The van der Waals surface area contributed by atoms with Gasteiger partial charge in [0.15, 0.2) is 0 Å². The van der Waals surface area contributed by atoms with Crippen LogP contribution in [0.4, 0.5) is 5.69 Å². The van der Waals surface area contributed by atoms with E-state index in [1.54, 1.807) is 6.92 Å². The van der Waals surface area contributed by atoms with Gasteiger partial charge in [-0.1, -0.05) is 0 Å². The number of carbonyl (C=O) groups is 1. The van der Waals surface area contributed by atoms with E-state index in [0.29, 0.717) is 0 Å². The first-order chi connectivity index (χ1) is 6.70. The van der Waals surface area contributed by atoms with E-state index in [1.165, 1.54) is 12.4 Å². The van der Waals surface area contributed by atoms with Crippen molar-refractivity contribution < 1.29 is 9.53 Å². The molecule has 0 unspecified atom stereocenters. The van der Waals surface area contributed by atoms with Crippen LogP contribution in [0.25, 0.3) is 0 Å². The van der Waals surface area contributed by atoms with Crippen molar-refractivity contribution in [3.63, 3.8) is 0 Å². The number of nitrogens with zero attached hydrogens (tertiary/aromatic N) is 2. The second kappa shape index (κ2) is 4.23. The Morgan fingerprint density at radius 3 is 3.00 bits per heavy atom. The average Bonchev–Trinajstić information content (AvgIpc) is 2.17. The summed E-state index contributed by atoms with van der Waals surface area (Å²) in [4.78, 5) is 15.0. The highest BCUT2D eigenvalue weighted by Gasteiger charge is 2.14. The zero-order chi connectivity index (χ0) is 10.6. The van der Waals surface area contributed by atoms with Crippen molar-refractivity contribution in [2.75, 3.05) is 12.3 Å². The lowest BCUT2D eigenvalue weighted by Crippen LogP contribution is -2.09. The predicted molar refractivity (Wildman–Crippen MR) is 49.3 cm³/mol. The number of aromatic nitrogens is 1. The van der Waals surface area contributed by atoms with E-state index in [4.69, 9.17) is 15.7 Å². The van der Waals surface area contributed by atoms with Gasteiger partial charge in [0.2, 0.25) is 0 Å². The zero-order valence-electron chi connectivity index (χ0n) is 7.65. The lowest BCUT2D eigenvalue weighted by atomic mass is 10.1. The van der Waals surface area contributed by atoms with E-state index in [9.17, 15) is 4.79 Å². The van der Waals surface area contributed by atoms with Gasteiger partial charge in [-0.25, -0.2) is 4.79 Å². The van der Waals surface area contributed by atoms with Crippen molar-refractivity contribution in [2.24, 2.45) is 0 Å². The standard InChI is InChI=1S/C9H9N3O2/c1-2-14-9(13)7-4-12-5-8(11)6(7)3-10/h4-5H,2,11H2,1H3. The molecule has 0 amide bonds. The first-order valence-corrected chi connectivity index (χ1v) is 4.01. The van der Waals surface area contributed by atoms with Crippen LogP contribution in [0.15, 0.2) is 12.4 Å². The summed E-state index contributed by atoms with van der Waals surface area (Å²) in [6.07, 6.45) is 2.59. The monoisotopic (exact) mass is 191 g/mol. The van der Waals surface area contributed by atoms with Crippen LogP contribution in [0.5, 0.6) is 0 Å². The summed E-state index contributed by atoms with van der Waals surface area (Å²) in [5, 5.41) is 8.75. The Balaban J connectivity index is 3.15. The third-order valence-electron chi connectivity index (χ3n) is 1.58. The van der Waals surface area contributed by atoms with Gasteiger partial charge in [0.05, 0.1) is 29.6 Å². The van der Waals surface area contributed by atoms with Gasteiger partial charge in [-0.2, -0.15) is 5.26 Å². The first-order valence-electron chi connectivity index (χ1n) is 4.01. The molecule has 2 N–H and O–H groups in total. The van der Waals surface area contributed by atoms with Gasteiger partial charge < -0.3 is 10.5 Å². The second-order valence-corrected chi connectivity index (χ2v) is 2.48. The van der Waals surface area contributed by atoms with Gasteiger partial charge in [-0.15, -0.1) is 0 Å². The van der Waals surface area contributed by atoms with E-state index in [1.807, 2.05) is 6.07 Å². The molecule has 5 heteroatoms. The van der Waals surface area contributed by atoms with Crippen LogP contribution < -0.4 is 5.73 Å². The Kier molecular flexibility index (Phi) is 3.02. The maximum atomic E-state index is 11.3. The Labute approximate surface area is 81.1 Å². The number of ether oxygens (including phenoxy) is 1. The summed E-state index contributed by atoms with van der Waals surface area (Å²) in [6.45, 7) is 1.93. The fraction of sp³-hybridized carbons (Fsp3) is 0.222. The summed E-state index contributed by atoms with van der Waals surface area (Å²) in [7, 11) is 0. The molecule has 1 aromatic heterocycles. The molecule has 0 saturated carbocycles. The molecule has 0 bridgehead atoms. The second-order valence-electron chi connectivity index (χ2n) is 2.48. The third-order valence-corrected chi connectivity index (χ3v) is 1.58. The number of esters is 1. The number of pyridine rings is 1. The Morgan fingerprint density at radius 1 is 1.71 bits per heavy atom. The van der Waals surface area contributed by atoms with Crippen molar-refractivity contribution >= 4 is 11.7 Å². The van der Waals surface area contributed by atoms with Gasteiger partial charge in [-0.05, 0) is 6.92 Å². The molecule has 0 aliphatic heterocycles. The quantitative estimate of drug-likeness (QED) is 0.695. The molecule has 1 heterocycles. The van der Waals surface area contributed by atoms with Crippen LogP contribution in [0.3, 0.4) is 0 Å². The average molecular weight is 191 g/mol. The molecule has 0 atom stereocenters. The number of nitrogens with two attached hydrogens (primary N) is 1. The van der Waals surface area contributed by atoms with Gasteiger partial charge in [0, 0.05) is 6.20 Å². The van der Waals surface area contributed by atoms with Gasteiger partial charge in [0.1, 0.15) is 6.07 Å². The maximum absolute atomic E-state index is 11.3. The molecule has 0 radical (unpaired) electrons. The van der Waals surface area contributed by atoms with Crippen LogP contribution in [0, 0.1) is 11.3 Å². The Bertz CT molecular complexity index is 396. The highest BCUT2D eigenvalue weighted by Crippen LogP contribution is 2.14. The largest absolute Gasteiger partial charge is 0.462 e. The molecule has 5 nitrogen and oxygen atoms in total. The minimum absolute atomic E-state index is 0.106. The molecule has 0 aliphatic carbocycles. The molecule has 0 spiro atoms. The highest BCUT2D eigenvalue weighted by molar-refractivity contribution is 5.93. The number of carbonyl (C=O) groups excluding carboxylic acids is 1. The number of hydrogen-bond donors (Lipinski definition) is 1. The SMILES string of the molecule is CCOC(=O)c1cncc(N)c1C#N. The summed E-state index contributed by atoms with van der Waals surface area (Å²) in [5.74, 6) is -0.580. The third kappa shape index (κ3) is 1.80. The van der Waals surface area contributed by atoms with E-state index in [0.717, 1.165) is 0 Å². The smallest absolute Gasteiger partial charge is 0.341 e. The van der Waals surface area contributed by atoms with Crippen molar-refractivity contribution in [1.29, 1.82) is 5.26 Å². The molecule has 1 aromatic rings. The number of nitriles is 1. The molecule has 0 saturated heterocycles. The van der Waals surface area contributed by atoms with E-state index in [2.05, 4.69) is 4.98 Å². The number of rotatable bonds is 2. The minimum Gasteiger partial charge on any atom is -0.462 e. The minimum atomic E-state index is -0.580. The topological polar surface area (TPSA) is 89.0 Å². The number of anilines is 1. The maximum Gasteiger partial charge on any atom is 0.341 e. The summed E-state index contributed by atoms with van der Waals surface area (Å²) < 4.78 is 4.74.